The number of nitrogen functional groups attached to an aromatic ring is 1. The predicted octanol–water partition coefficient (Wildman–Crippen LogP) is 1.64. The minimum atomic E-state index is -0.903. The van der Waals surface area contributed by atoms with Gasteiger partial charge < -0.3 is 15.7 Å². The first-order valence-electron chi connectivity index (χ1n) is 7.27. The molecule has 1 aromatic rings. The highest BCUT2D eigenvalue weighted by molar-refractivity contribution is 5.98. The maximum Gasteiger partial charge on any atom is 0.337 e. The SMILES string of the molecule is Nc1cccc(C(=O)O)c1N1CCCN2CCCC2C1. The molecule has 2 saturated heterocycles. The zero-order valence-corrected chi connectivity index (χ0v) is 11.6. The molecule has 0 aliphatic carbocycles. The van der Waals surface area contributed by atoms with Crippen molar-refractivity contribution in [1.29, 1.82) is 0 Å². The number of nitrogens with zero attached hydrogens (tertiary/aromatic N) is 2. The Bertz CT molecular complexity index is 518. The van der Waals surface area contributed by atoms with Crippen LogP contribution in [0.1, 0.15) is 29.6 Å². The van der Waals surface area contributed by atoms with Crippen molar-refractivity contribution in [2.45, 2.75) is 25.3 Å². The summed E-state index contributed by atoms with van der Waals surface area (Å²) in [5.41, 5.74) is 7.64. The molecule has 2 fully saturated rings. The van der Waals surface area contributed by atoms with E-state index in [9.17, 15) is 9.90 Å². The van der Waals surface area contributed by atoms with E-state index in [4.69, 9.17) is 5.73 Å². The average Bonchev–Trinajstić information content (AvgIpc) is 2.76. The number of rotatable bonds is 2. The van der Waals surface area contributed by atoms with Gasteiger partial charge in [0.25, 0.3) is 0 Å². The molecule has 5 nitrogen and oxygen atoms in total. The molecule has 0 radical (unpaired) electrons. The van der Waals surface area contributed by atoms with Crippen LogP contribution in [0, 0.1) is 0 Å². The van der Waals surface area contributed by atoms with Crippen molar-refractivity contribution in [3.63, 3.8) is 0 Å². The summed E-state index contributed by atoms with van der Waals surface area (Å²) < 4.78 is 0. The van der Waals surface area contributed by atoms with Gasteiger partial charge in [-0.15, -0.1) is 0 Å². The normalized spacial score (nSPS) is 23.4. The monoisotopic (exact) mass is 275 g/mol. The number of anilines is 2. The summed E-state index contributed by atoms with van der Waals surface area (Å²) in [6.07, 6.45) is 3.50. The van der Waals surface area contributed by atoms with Crippen molar-refractivity contribution in [1.82, 2.24) is 4.90 Å². The zero-order valence-electron chi connectivity index (χ0n) is 11.6. The first-order valence-corrected chi connectivity index (χ1v) is 7.27. The lowest BCUT2D eigenvalue weighted by Gasteiger charge is -2.29. The Morgan fingerprint density at radius 2 is 2.05 bits per heavy atom. The Kier molecular flexibility index (Phi) is 3.53. The molecule has 0 spiro atoms. The van der Waals surface area contributed by atoms with E-state index in [0.717, 1.165) is 26.1 Å². The molecule has 1 atom stereocenters. The molecule has 1 unspecified atom stereocenters. The molecular formula is C15H21N3O2. The van der Waals surface area contributed by atoms with Crippen molar-refractivity contribution < 1.29 is 9.90 Å². The number of para-hydroxylation sites is 1. The molecule has 1 aromatic carbocycles. The molecular weight excluding hydrogens is 254 g/mol. The van der Waals surface area contributed by atoms with E-state index in [-0.39, 0.29) is 0 Å². The third-order valence-corrected chi connectivity index (χ3v) is 4.42. The average molecular weight is 275 g/mol. The van der Waals surface area contributed by atoms with Gasteiger partial charge in [0.05, 0.1) is 16.9 Å². The van der Waals surface area contributed by atoms with Gasteiger partial charge in [-0.3, -0.25) is 4.90 Å². The smallest absolute Gasteiger partial charge is 0.337 e. The summed E-state index contributed by atoms with van der Waals surface area (Å²) in [5.74, 6) is -0.903. The molecule has 0 bridgehead atoms. The van der Waals surface area contributed by atoms with Gasteiger partial charge in [0, 0.05) is 25.7 Å². The summed E-state index contributed by atoms with van der Waals surface area (Å²) in [6.45, 7) is 4.04. The van der Waals surface area contributed by atoms with Gasteiger partial charge in [-0.05, 0) is 37.9 Å². The maximum absolute atomic E-state index is 11.4. The first-order chi connectivity index (χ1) is 9.66. The summed E-state index contributed by atoms with van der Waals surface area (Å²) in [6, 6.07) is 5.69. The third-order valence-electron chi connectivity index (χ3n) is 4.42. The van der Waals surface area contributed by atoms with E-state index in [1.807, 2.05) is 0 Å². The van der Waals surface area contributed by atoms with E-state index in [1.54, 1.807) is 18.2 Å². The molecule has 0 aromatic heterocycles. The fourth-order valence-corrected chi connectivity index (χ4v) is 3.50. The number of carbonyl (C=O) groups is 1. The highest BCUT2D eigenvalue weighted by Gasteiger charge is 2.30. The van der Waals surface area contributed by atoms with Crippen LogP contribution < -0.4 is 10.6 Å². The Balaban J connectivity index is 1.93. The third kappa shape index (κ3) is 2.33. The standard InChI is InChI=1S/C15H21N3O2/c16-13-6-1-5-12(15(19)20)14(13)18-9-3-8-17-7-2-4-11(17)10-18/h1,5-6,11H,2-4,7-10,16H2,(H,19,20). The number of fused-ring (bicyclic) bond motifs is 1. The molecule has 0 saturated carbocycles. The quantitative estimate of drug-likeness (QED) is 0.803. The lowest BCUT2D eigenvalue weighted by molar-refractivity contribution is 0.0697. The number of nitrogens with two attached hydrogens (primary N) is 1. The van der Waals surface area contributed by atoms with E-state index >= 15 is 0 Å². The number of carboxylic acids is 1. The Labute approximate surface area is 119 Å². The van der Waals surface area contributed by atoms with Gasteiger partial charge in [0.1, 0.15) is 0 Å². The second-order valence-corrected chi connectivity index (χ2v) is 5.68. The Morgan fingerprint density at radius 3 is 2.85 bits per heavy atom. The van der Waals surface area contributed by atoms with Crippen LogP contribution in [-0.2, 0) is 0 Å². The number of aromatic carboxylic acids is 1. The lowest BCUT2D eigenvalue weighted by atomic mass is 10.1. The highest BCUT2D eigenvalue weighted by Crippen LogP contribution is 2.31. The Morgan fingerprint density at radius 1 is 1.25 bits per heavy atom. The molecule has 2 aliphatic heterocycles. The van der Waals surface area contributed by atoms with Gasteiger partial charge in [-0.25, -0.2) is 4.79 Å². The summed E-state index contributed by atoms with van der Waals surface area (Å²) in [4.78, 5) is 16.1. The van der Waals surface area contributed by atoms with E-state index < -0.39 is 5.97 Å². The van der Waals surface area contributed by atoms with Crippen LogP contribution in [0.3, 0.4) is 0 Å². The van der Waals surface area contributed by atoms with Crippen molar-refractivity contribution in [2.75, 3.05) is 36.8 Å². The molecule has 3 N–H and O–H groups in total. The van der Waals surface area contributed by atoms with Crippen LogP contribution in [0.25, 0.3) is 0 Å². The summed E-state index contributed by atoms with van der Waals surface area (Å²) >= 11 is 0. The van der Waals surface area contributed by atoms with Gasteiger partial charge in [-0.1, -0.05) is 6.07 Å². The van der Waals surface area contributed by atoms with Crippen LogP contribution in [0.5, 0.6) is 0 Å². The Hall–Kier alpha value is -1.75. The first kappa shape index (κ1) is 13.2. The van der Waals surface area contributed by atoms with Crippen molar-refractivity contribution in [2.24, 2.45) is 0 Å². The van der Waals surface area contributed by atoms with Crippen LogP contribution in [0.2, 0.25) is 0 Å². The molecule has 5 heteroatoms. The maximum atomic E-state index is 11.4. The lowest BCUT2D eigenvalue weighted by Crippen LogP contribution is -2.37. The van der Waals surface area contributed by atoms with Crippen molar-refractivity contribution in [3.8, 4) is 0 Å². The van der Waals surface area contributed by atoms with Gasteiger partial charge >= 0.3 is 5.97 Å². The highest BCUT2D eigenvalue weighted by atomic mass is 16.4. The predicted molar refractivity (Wildman–Crippen MR) is 79.2 cm³/mol. The number of benzene rings is 1. The zero-order chi connectivity index (χ0) is 14.1. The van der Waals surface area contributed by atoms with Crippen LogP contribution in [0.15, 0.2) is 18.2 Å². The minimum Gasteiger partial charge on any atom is -0.478 e. The second-order valence-electron chi connectivity index (χ2n) is 5.68. The second kappa shape index (κ2) is 5.32. The number of hydrogen-bond donors (Lipinski definition) is 2. The molecule has 0 amide bonds. The van der Waals surface area contributed by atoms with Gasteiger partial charge in [0.15, 0.2) is 0 Å². The summed E-state index contributed by atoms with van der Waals surface area (Å²) in [5, 5.41) is 9.39. The number of carboxylic acid groups (broad SMARTS) is 1. The van der Waals surface area contributed by atoms with Crippen LogP contribution in [0.4, 0.5) is 11.4 Å². The fraction of sp³-hybridized carbons (Fsp3) is 0.533. The molecule has 2 heterocycles. The number of hydrogen-bond acceptors (Lipinski definition) is 4. The van der Waals surface area contributed by atoms with Gasteiger partial charge in [-0.2, -0.15) is 0 Å². The van der Waals surface area contributed by atoms with Crippen molar-refractivity contribution >= 4 is 17.3 Å². The largest absolute Gasteiger partial charge is 0.478 e. The molecule has 3 rings (SSSR count). The van der Waals surface area contributed by atoms with E-state index in [1.165, 1.54) is 19.4 Å². The fourth-order valence-electron chi connectivity index (χ4n) is 3.50. The van der Waals surface area contributed by atoms with Gasteiger partial charge in [0.2, 0.25) is 0 Å². The van der Waals surface area contributed by atoms with Crippen LogP contribution in [-0.4, -0.2) is 48.2 Å². The topological polar surface area (TPSA) is 69.8 Å². The van der Waals surface area contributed by atoms with E-state index in [0.29, 0.717) is 23.0 Å². The minimum absolute atomic E-state index is 0.316. The van der Waals surface area contributed by atoms with Crippen LogP contribution >= 0.6 is 0 Å². The molecule has 20 heavy (non-hydrogen) atoms. The molecule has 108 valence electrons. The molecule has 2 aliphatic rings. The van der Waals surface area contributed by atoms with Crippen molar-refractivity contribution in [3.05, 3.63) is 23.8 Å². The summed E-state index contributed by atoms with van der Waals surface area (Å²) in [7, 11) is 0. The van der Waals surface area contributed by atoms with E-state index in [2.05, 4.69) is 9.80 Å².